The van der Waals surface area contributed by atoms with Crippen molar-refractivity contribution in [3.63, 3.8) is 0 Å². The van der Waals surface area contributed by atoms with Crippen LogP contribution in [0.25, 0.3) is 11.0 Å². The fraction of sp³-hybridized carbons (Fsp3) is 0.143. The number of hydrazine groups is 1. The molecule has 0 aliphatic heterocycles. The maximum absolute atomic E-state index is 12.3. The van der Waals surface area contributed by atoms with Crippen molar-refractivity contribution in [1.29, 1.82) is 0 Å². The number of aromatic nitrogens is 2. The highest BCUT2D eigenvalue weighted by molar-refractivity contribution is 5.93. The van der Waals surface area contributed by atoms with E-state index < -0.39 is 5.91 Å². The highest BCUT2D eigenvalue weighted by atomic mass is 16.3. The van der Waals surface area contributed by atoms with E-state index >= 15 is 0 Å². The zero-order valence-electron chi connectivity index (χ0n) is 11.4. The van der Waals surface area contributed by atoms with E-state index in [9.17, 15) is 9.59 Å². The van der Waals surface area contributed by atoms with E-state index in [1.807, 2.05) is 29.7 Å². The van der Waals surface area contributed by atoms with Gasteiger partial charge in [-0.1, -0.05) is 12.1 Å². The summed E-state index contributed by atoms with van der Waals surface area (Å²) in [5, 5.41) is 0. The van der Waals surface area contributed by atoms with Crippen LogP contribution in [0.1, 0.15) is 16.1 Å². The summed E-state index contributed by atoms with van der Waals surface area (Å²) in [6.07, 6.45) is 1.31. The van der Waals surface area contributed by atoms with Gasteiger partial charge in [0.1, 0.15) is 12.0 Å². The number of hydrogen-bond donors (Lipinski definition) is 2. The molecule has 3 N–H and O–H groups in total. The quantitative estimate of drug-likeness (QED) is 0.418. The Hall–Kier alpha value is -2.80. The average Bonchev–Trinajstić information content (AvgIpc) is 3.07. The van der Waals surface area contributed by atoms with Crippen molar-refractivity contribution in [1.82, 2.24) is 14.6 Å². The molecule has 0 saturated heterocycles. The van der Waals surface area contributed by atoms with Crippen LogP contribution in [0.15, 0.2) is 45.8 Å². The zero-order chi connectivity index (χ0) is 15.0. The molecule has 7 nitrogen and oxygen atoms in total. The van der Waals surface area contributed by atoms with Gasteiger partial charge in [0.15, 0.2) is 0 Å². The second-order valence-corrected chi connectivity index (χ2v) is 4.69. The molecule has 0 fully saturated rings. The van der Waals surface area contributed by atoms with Crippen LogP contribution in [0, 0.1) is 0 Å². The van der Waals surface area contributed by atoms with Crippen LogP contribution in [0.5, 0.6) is 0 Å². The van der Waals surface area contributed by atoms with Gasteiger partial charge in [-0.2, -0.15) is 0 Å². The molecule has 0 aliphatic rings. The number of furan rings is 1. The molecular formula is C14H14N4O3. The lowest BCUT2D eigenvalue weighted by molar-refractivity contribution is 0.0953. The largest absolute Gasteiger partial charge is 0.467 e. The first kappa shape index (κ1) is 13.2. The van der Waals surface area contributed by atoms with E-state index in [1.54, 1.807) is 22.2 Å². The Kier molecular flexibility index (Phi) is 3.11. The molecule has 1 aromatic carbocycles. The molecule has 2 aromatic heterocycles. The molecule has 0 unspecified atom stereocenters. The van der Waals surface area contributed by atoms with Crippen molar-refractivity contribution in [3.8, 4) is 0 Å². The molecular weight excluding hydrogens is 272 g/mol. The molecule has 0 spiro atoms. The maximum atomic E-state index is 12.3. The summed E-state index contributed by atoms with van der Waals surface area (Å²) in [5.41, 5.74) is 3.86. The minimum absolute atomic E-state index is 0.141. The molecule has 2 heterocycles. The van der Waals surface area contributed by atoms with Crippen LogP contribution in [0.3, 0.4) is 0 Å². The van der Waals surface area contributed by atoms with Crippen molar-refractivity contribution in [2.45, 2.75) is 6.54 Å². The van der Waals surface area contributed by atoms with Crippen LogP contribution >= 0.6 is 0 Å². The number of fused-ring (bicyclic) bond motifs is 1. The number of imidazole rings is 1. The third-order valence-corrected chi connectivity index (χ3v) is 3.41. The first-order valence-corrected chi connectivity index (χ1v) is 6.34. The number of nitrogens with two attached hydrogens (primary N) is 1. The summed E-state index contributed by atoms with van der Waals surface area (Å²) in [6.45, 7) is 0.248. The lowest BCUT2D eigenvalue weighted by Gasteiger charge is -1.99. The Labute approximate surface area is 119 Å². The normalized spacial score (nSPS) is 11.0. The van der Waals surface area contributed by atoms with E-state index in [0.717, 1.165) is 11.0 Å². The highest BCUT2D eigenvalue weighted by Crippen LogP contribution is 2.15. The molecule has 1 amide bonds. The second kappa shape index (κ2) is 4.95. The molecule has 7 heteroatoms. The summed E-state index contributed by atoms with van der Waals surface area (Å²) in [7, 11) is 1.72. The highest BCUT2D eigenvalue weighted by Gasteiger charge is 2.13. The number of aryl methyl sites for hydroxylation is 1. The number of hydrogen-bond acceptors (Lipinski definition) is 4. The Morgan fingerprint density at radius 1 is 1.33 bits per heavy atom. The Bertz CT molecular complexity index is 872. The van der Waals surface area contributed by atoms with Gasteiger partial charge in [0.2, 0.25) is 0 Å². The molecule has 21 heavy (non-hydrogen) atoms. The monoisotopic (exact) mass is 286 g/mol. The van der Waals surface area contributed by atoms with Crippen molar-refractivity contribution in [3.05, 3.63) is 58.4 Å². The third-order valence-electron chi connectivity index (χ3n) is 3.41. The lowest BCUT2D eigenvalue weighted by atomic mass is 10.3. The van der Waals surface area contributed by atoms with Crippen LogP contribution in [-0.2, 0) is 13.6 Å². The van der Waals surface area contributed by atoms with Gasteiger partial charge < -0.3 is 4.42 Å². The molecule has 0 bridgehead atoms. The molecule has 0 aliphatic carbocycles. The van der Waals surface area contributed by atoms with Crippen molar-refractivity contribution < 1.29 is 9.21 Å². The van der Waals surface area contributed by atoms with Crippen molar-refractivity contribution in [2.75, 3.05) is 0 Å². The zero-order valence-corrected chi connectivity index (χ0v) is 11.4. The van der Waals surface area contributed by atoms with Crippen LogP contribution < -0.4 is 17.0 Å². The molecule has 0 atom stereocenters. The van der Waals surface area contributed by atoms with Gasteiger partial charge >= 0.3 is 5.69 Å². The number of nitrogens with one attached hydrogen (secondary N) is 1. The first-order valence-electron chi connectivity index (χ1n) is 6.34. The van der Waals surface area contributed by atoms with E-state index in [0.29, 0.717) is 11.3 Å². The molecule has 3 rings (SSSR count). The predicted octanol–water partition coefficient (Wildman–Crippen LogP) is 0.585. The van der Waals surface area contributed by atoms with Gasteiger partial charge in [0.25, 0.3) is 5.91 Å². The molecule has 108 valence electrons. The molecule has 0 radical (unpaired) electrons. The van der Waals surface area contributed by atoms with E-state index in [2.05, 4.69) is 0 Å². The van der Waals surface area contributed by atoms with Crippen molar-refractivity contribution >= 4 is 16.9 Å². The fourth-order valence-electron chi connectivity index (χ4n) is 2.34. The number of carbonyl (C=O) groups excluding carboxylic acids is 1. The number of nitrogen functional groups attached to an aromatic ring is 1. The lowest BCUT2D eigenvalue weighted by Crippen LogP contribution is -2.29. The number of amides is 1. The molecule has 3 aromatic rings. The number of rotatable bonds is 3. The number of carbonyl (C=O) groups is 1. The van der Waals surface area contributed by atoms with Gasteiger partial charge in [-0.25, -0.2) is 10.6 Å². The van der Waals surface area contributed by atoms with Crippen LogP contribution in [0.2, 0.25) is 0 Å². The molecule has 0 saturated carbocycles. The summed E-state index contributed by atoms with van der Waals surface area (Å²) in [5.74, 6) is 5.14. The van der Waals surface area contributed by atoms with Gasteiger partial charge in [0.05, 0.1) is 23.1 Å². The topological polar surface area (TPSA) is 95.2 Å². The van der Waals surface area contributed by atoms with Crippen LogP contribution in [-0.4, -0.2) is 15.0 Å². The van der Waals surface area contributed by atoms with Gasteiger partial charge in [-0.15, -0.1) is 0 Å². The van der Waals surface area contributed by atoms with E-state index in [-0.39, 0.29) is 12.2 Å². The van der Waals surface area contributed by atoms with Gasteiger partial charge in [-0.05, 0) is 18.2 Å². The minimum atomic E-state index is -0.435. The summed E-state index contributed by atoms with van der Waals surface area (Å²) >= 11 is 0. The van der Waals surface area contributed by atoms with Gasteiger partial charge in [0, 0.05) is 7.05 Å². The number of benzene rings is 1. The maximum Gasteiger partial charge on any atom is 0.329 e. The Balaban J connectivity index is 2.02. The summed E-state index contributed by atoms with van der Waals surface area (Å²) in [6, 6.07) is 9.06. The standard InChI is InChI=1S/C14H14N4O3/c1-17-11-4-2-3-5-12(11)18(14(17)20)7-10-6-9(8-21-10)13(19)16-15/h2-6,8H,7,15H2,1H3,(H,16,19). The Morgan fingerprint density at radius 3 is 2.76 bits per heavy atom. The van der Waals surface area contributed by atoms with Crippen molar-refractivity contribution in [2.24, 2.45) is 12.9 Å². The average molecular weight is 286 g/mol. The van der Waals surface area contributed by atoms with E-state index in [1.165, 1.54) is 6.26 Å². The fourth-order valence-corrected chi connectivity index (χ4v) is 2.34. The SMILES string of the molecule is Cn1c(=O)n(Cc2cc(C(=O)NN)co2)c2ccccc21. The first-order chi connectivity index (χ1) is 10.1. The number of nitrogens with zero attached hydrogens (tertiary/aromatic N) is 2. The minimum Gasteiger partial charge on any atom is -0.467 e. The number of para-hydroxylation sites is 2. The van der Waals surface area contributed by atoms with E-state index in [4.69, 9.17) is 10.3 Å². The second-order valence-electron chi connectivity index (χ2n) is 4.69. The van der Waals surface area contributed by atoms with Gasteiger partial charge in [-0.3, -0.25) is 19.4 Å². The predicted molar refractivity (Wildman–Crippen MR) is 76.6 cm³/mol. The summed E-state index contributed by atoms with van der Waals surface area (Å²) < 4.78 is 8.49. The smallest absolute Gasteiger partial charge is 0.329 e. The van der Waals surface area contributed by atoms with Crippen LogP contribution in [0.4, 0.5) is 0 Å². The third kappa shape index (κ3) is 2.13. The summed E-state index contributed by atoms with van der Waals surface area (Å²) in [4.78, 5) is 23.7. The Morgan fingerprint density at radius 2 is 2.05 bits per heavy atom.